The van der Waals surface area contributed by atoms with Gasteiger partial charge in [-0.15, -0.1) is 0 Å². The maximum absolute atomic E-state index is 2.31. The van der Waals surface area contributed by atoms with Crippen LogP contribution in [-0.2, 0) is 12.8 Å². The van der Waals surface area contributed by atoms with E-state index in [9.17, 15) is 0 Å². The molecular formula is C35H40. The number of hydrogen-bond donors (Lipinski definition) is 0. The Bertz CT molecular complexity index is 1040. The molecular weight excluding hydrogens is 420 g/mol. The molecule has 0 N–H and O–H groups in total. The largest absolute Gasteiger partial charge is 0.0587 e. The van der Waals surface area contributed by atoms with E-state index >= 15 is 0 Å². The summed E-state index contributed by atoms with van der Waals surface area (Å²) in [6.45, 7) is 4.28. The molecule has 0 atom stereocenters. The Morgan fingerprint density at radius 1 is 0.314 bits per heavy atom. The van der Waals surface area contributed by atoms with Crippen molar-refractivity contribution in [3.63, 3.8) is 0 Å². The third-order valence-electron chi connectivity index (χ3n) is 7.11. The molecule has 0 unspecified atom stereocenters. The number of unbranched alkanes of at least 4 members (excludes halogenated alkanes) is 6. The predicted octanol–water partition coefficient (Wildman–Crippen LogP) is 10.2. The lowest BCUT2D eigenvalue weighted by Gasteiger charge is -2.06. The van der Waals surface area contributed by atoms with E-state index in [2.05, 4.69) is 111 Å². The SMILES string of the molecule is Cc1ccc(-c2ccc(CCCCCCCCCc3ccc(-c4ccc(C)cc4)cc3)cc2)cc1. The Morgan fingerprint density at radius 2 is 0.571 bits per heavy atom. The average molecular weight is 461 g/mol. The second-order valence-electron chi connectivity index (χ2n) is 10.1. The molecule has 0 amide bonds. The summed E-state index contributed by atoms with van der Waals surface area (Å²) in [5.41, 5.74) is 10.8. The molecule has 35 heavy (non-hydrogen) atoms. The van der Waals surface area contributed by atoms with E-state index in [1.165, 1.54) is 102 Å². The molecule has 180 valence electrons. The molecule has 0 bridgehead atoms. The molecule has 0 spiro atoms. The number of aryl methyl sites for hydroxylation is 4. The normalized spacial score (nSPS) is 11.0. The minimum absolute atomic E-state index is 1.20. The van der Waals surface area contributed by atoms with Crippen LogP contribution in [0.15, 0.2) is 97.1 Å². The molecule has 4 aromatic carbocycles. The van der Waals surface area contributed by atoms with Crippen LogP contribution in [0.25, 0.3) is 22.3 Å². The molecule has 4 rings (SSSR count). The van der Waals surface area contributed by atoms with E-state index in [0.29, 0.717) is 0 Å². The van der Waals surface area contributed by atoms with E-state index in [4.69, 9.17) is 0 Å². The highest BCUT2D eigenvalue weighted by Crippen LogP contribution is 2.22. The molecule has 0 saturated carbocycles. The van der Waals surface area contributed by atoms with Gasteiger partial charge in [-0.3, -0.25) is 0 Å². The van der Waals surface area contributed by atoms with Crippen molar-refractivity contribution in [2.45, 2.75) is 71.6 Å². The standard InChI is InChI=1S/C35H40/c1-28-12-20-32(21-13-28)34-24-16-30(17-25-34)10-8-6-4-3-5-7-9-11-31-18-26-35(27-19-31)33-22-14-29(2)15-23-33/h12-27H,3-11H2,1-2H3. The summed E-state index contributed by atoms with van der Waals surface area (Å²) >= 11 is 0. The number of hydrogen-bond acceptors (Lipinski definition) is 0. The van der Waals surface area contributed by atoms with E-state index in [1.54, 1.807) is 0 Å². The molecule has 0 aliphatic rings. The maximum atomic E-state index is 2.31. The molecule has 0 aliphatic heterocycles. The van der Waals surface area contributed by atoms with Crippen molar-refractivity contribution in [1.82, 2.24) is 0 Å². The van der Waals surface area contributed by atoms with Crippen molar-refractivity contribution in [3.05, 3.63) is 119 Å². The Hall–Kier alpha value is -3.12. The molecule has 0 heteroatoms. The van der Waals surface area contributed by atoms with E-state index < -0.39 is 0 Å². The molecule has 0 heterocycles. The third-order valence-corrected chi connectivity index (χ3v) is 7.11. The zero-order chi connectivity index (χ0) is 24.3. The summed E-state index contributed by atoms with van der Waals surface area (Å²) in [6, 6.07) is 35.9. The summed E-state index contributed by atoms with van der Waals surface area (Å²) in [4.78, 5) is 0. The summed E-state index contributed by atoms with van der Waals surface area (Å²) < 4.78 is 0. The topological polar surface area (TPSA) is 0 Å². The highest BCUT2D eigenvalue weighted by Gasteiger charge is 2.01. The van der Waals surface area contributed by atoms with Gasteiger partial charge in [0.15, 0.2) is 0 Å². The van der Waals surface area contributed by atoms with E-state index in [0.717, 1.165) is 0 Å². The van der Waals surface area contributed by atoms with Gasteiger partial charge in [-0.1, -0.05) is 140 Å². The molecule has 4 aromatic rings. The summed E-state index contributed by atoms with van der Waals surface area (Å²) in [7, 11) is 0. The van der Waals surface area contributed by atoms with Crippen LogP contribution in [0.1, 0.15) is 67.2 Å². The van der Waals surface area contributed by atoms with Gasteiger partial charge in [-0.05, 0) is 72.9 Å². The second kappa shape index (κ2) is 13.1. The lowest BCUT2D eigenvalue weighted by Crippen LogP contribution is -1.89. The second-order valence-corrected chi connectivity index (χ2v) is 10.1. The molecule has 0 saturated heterocycles. The predicted molar refractivity (Wildman–Crippen MR) is 153 cm³/mol. The fraction of sp³-hybridized carbons (Fsp3) is 0.314. The molecule has 0 aliphatic carbocycles. The molecule has 0 fully saturated rings. The quantitative estimate of drug-likeness (QED) is 0.184. The van der Waals surface area contributed by atoms with Gasteiger partial charge >= 0.3 is 0 Å². The zero-order valence-corrected chi connectivity index (χ0v) is 21.6. The van der Waals surface area contributed by atoms with Gasteiger partial charge in [0.2, 0.25) is 0 Å². The Labute approximate surface area is 213 Å². The van der Waals surface area contributed by atoms with Crippen LogP contribution in [0.3, 0.4) is 0 Å². The van der Waals surface area contributed by atoms with Crippen molar-refractivity contribution in [3.8, 4) is 22.3 Å². The van der Waals surface area contributed by atoms with Gasteiger partial charge in [0.1, 0.15) is 0 Å². The van der Waals surface area contributed by atoms with Crippen LogP contribution < -0.4 is 0 Å². The highest BCUT2D eigenvalue weighted by atomic mass is 14.1. The van der Waals surface area contributed by atoms with Crippen molar-refractivity contribution in [1.29, 1.82) is 0 Å². The van der Waals surface area contributed by atoms with Crippen molar-refractivity contribution in [2.75, 3.05) is 0 Å². The van der Waals surface area contributed by atoms with Crippen LogP contribution in [0.5, 0.6) is 0 Å². The van der Waals surface area contributed by atoms with Gasteiger partial charge in [0.25, 0.3) is 0 Å². The lowest BCUT2D eigenvalue weighted by molar-refractivity contribution is 0.579. The highest BCUT2D eigenvalue weighted by molar-refractivity contribution is 5.64. The van der Waals surface area contributed by atoms with Gasteiger partial charge in [-0.25, -0.2) is 0 Å². The smallest absolute Gasteiger partial charge is 0.0184 e. The maximum Gasteiger partial charge on any atom is -0.0184 e. The van der Waals surface area contributed by atoms with Crippen molar-refractivity contribution < 1.29 is 0 Å². The number of rotatable bonds is 12. The van der Waals surface area contributed by atoms with Gasteiger partial charge in [-0.2, -0.15) is 0 Å². The van der Waals surface area contributed by atoms with Crippen molar-refractivity contribution in [2.24, 2.45) is 0 Å². The van der Waals surface area contributed by atoms with E-state index in [-0.39, 0.29) is 0 Å². The first-order valence-electron chi connectivity index (χ1n) is 13.5. The monoisotopic (exact) mass is 460 g/mol. The zero-order valence-electron chi connectivity index (χ0n) is 21.6. The fourth-order valence-corrected chi connectivity index (χ4v) is 4.76. The number of benzene rings is 4. The Balaban J connectivity index is 1.05. The first-order valence-corrected chi connectivity index (χ1v) is 13.5. The first-order chi connectivity index (χ1) is 17.2. The minimum atomic E-state index is 1.20. The van der Waals surface area contributed by atoms with Crippen LogP contribution >= 0.6 is 0 Å². The Morgan fingerprint density at radius 3 is 0.886 bits per heavy atom. The van der Waals surface area contributed by atoms with Crippen LogP contribution in [-0.4, -0.2) is 0 Å². The summed E-state index contributed by atoms with van der Waals surface area (Å²) in [6.07, 6.45) is 11.8. The lowest BCUT2D eigenvalue weighted by atomic mass is 9.99. The van der Waals surface area contributed by atoms with Gasteiger partial charge in [0, 0.05) is 0 Å². The average Bonchev–Trinajstić information content (AvgIpc) is 2.89. The van der Waals surface area contributed by atoms with Crippen LogP contribution in [0.4, 0.5) is 0 Å². The third kappa shape index (κ3) is 7.96. The van der Waals surface area contributed by atoms with Crippen LogP contribution in [0.2, 0.25) is 0 Å². The fourth-order valence-electron chi connectivity index (χ4n) is 4.76. The minimum Gasteiger partial charge on any atom is -0.0587 e. The first kappa shape index (κ1) is 25.0. The molecule has 0 nitrogen and oxygen atoms in total. The Kier molecular flexibility index (Phi) is 9.35. The molecule has 0 aromatic heterocycles. The summed E-state index contributed by atoms with van der Waals surface area (Å²) in [5.74, 6) is 0. The van der Waals surface area contributed by atoms with Gasteiger partial charge in [0.05, 0.1) is 0 Å². The van der Waals surface area contributed by atoms with Crippen LogP contribution in [0, 0.1) is 13.8 Å². The molecule has 0 radical (unpaired) electrons. The van der Waals surface area contributed by atoms with Gasteiger partial charge < -0.3 is 0 Å². The van der Waals surface area contributed by atoms with E-state index in [1.807, 2.05) is 0 Å². The summed E-state index contributed by atoms with van der Waals surface area (Å²) in [5, 5.41) is 0. The van der Waals surface area contributed by atoms with Crippen molar-refractivity contribution >= 4 is 0 Å².